The van der Waals surface area contributed by atoms with Gasteiger partial charge in [0.05, 0.1) is 18.8 Å². The van der Waals surface area contributed by atoms with Gasteiger partial charge in [0.15, 0.2) is 12.1 Å². The minimum Gasteiger partial charge on any atom is -0.393 e. The van der Waals surface area contributed by atoms with E-state index in [1.54, 1.807) is 0 Å². The van der Waals surface area contributed by atoms with Crippen LogP contribution in [-0.2, 0) is 14.3 Å². The third-order valence-corrected chi connectivity index (χ3v) is 3.99. The van der Waals surface area contributed by atoms with Gasteiger partial charge in [-0.2, -0.15) is 0 Å². The molecule has 9 nitrogen and oxygen atoms in total. The van der Waals surface area contributed by atoms with E-state index < -0.39 is 55.4 Å². The van der Waals surface area contributed by atoms with Crippen LogP contribution in [0.4, 0.5) is 0 Å². The number of carbonyl (C=O) groups is 1. The van der Waals surface area contributed by atoms with Crippen LogP contribution in [0, 0.1) is 0 Å². The van der Waals surface area contributed by atoms with E-state index in [1.807, 2.05) is 0 Å². The summed E-state index contributed by atoms with van der Waals surface area (Å²) in [5, 5.41) is 28.9. The van der Waals surface area contributed by atoms with Crippen LogP contribution in [0.15, 0.2) is 0 Å². The highest BCUT2D eigenvalue weighted by Gasteiger charge is 2.45. The lowest BCUT2D eigenvalue weighted by Gasteiger charge is -2.43. The smallest absolute Gasteiger partial charge is 0.174 e. The van der Waals surface area contributed by atoms with E-state index in [0.29, 0.717) is 0 Å². The van der Waals surface area contributed by atoms with Crippen molar-refractivity contribution in [1.29, 1.82) is 0 Å². The van der Waals surface area contributed by atoms with Crippen molar-refractivity contribution in [3.63, 3.8) is 0 Å². The van der Waals surface area contributed by atoms with Crippen LogP contribution >= 0.6 is 0 Å². The molecule has 9 heteroatoms. The number of rotatable bonds is 3. The number of ether oxygens (including phenoxy) is 2. The first-order valence-electron chi connectivity index (χ1n) is 6.92. The predicted molar refractivity (Wildman–Crippen MR) is 70.8 cm³/mol. The van der Waals surface area contributed by atoms with Crippen LogP contribution in [-0.4, -0.2) is 76.5 Å². The molecule has 0 amide bonds. The van der Waals surface area contributed by atoms with Gasteiger partial charge in [0, 0.05) is 18.5 Å². The Balaban J connectivity index is 2.04. The first-order chi connectivity index (χ1) is 9.85. The van der Waals surface area contributed by atoms with Crippen molar-refractivity contribution in [1.82, 2.24) is 0 Å². The van der Waals surface area contributed by atoms with E-state index in [1.165, 1.54) is 0 Å². The minimum absolute atomic E-state index is 0.00395. The van der Waals surface area contributed by atoms with Crippen LogP contribution in [0.25, 0.3) is 0 Å². The maximum atomic E-state index is 11.5. The highest BCUT2D eigenvalue weighted by Crippen LogP contribution is 2.25. The maximum Gasteiger partial charge on any atom is 0.174 e. The Labute approximate surface area is 122 Å². The molecule has 0 radical (unpaired) electrons. The summed E-state index contributed by atoms with van der Waals surface area (Å²) in [7, 11) is 0. The van der Waals surface area contributed by atoms with E-state index in [2.05, 4.69) is 0 Å². The fourth-order valence-corrected chi connectivity index (χ4v) is 2.70. The zero-order valence-electron chi connectivity index (χ0n) is 11.5. The Morgan fingerprint density at radius 2 is 1.81 bits per heavy atom. The van der Waals surface area contributed by atoms with Gasteiger partial charge >= 0.3 is 0 Å². The van der Waals surface area contributed by atoms with E-state index in [-0.39, 0.29) is 18.6 Å². The topological polar surface area (TPSA) is 174 Å². The van der Waals surface area contributed by atoms with Gasteiger partial charge < -0.3 is 42.0 Å². The summed E-state index contributed by atoms with van der Waals surface area (Å²) in [6.07, 6.45) is -5.08. The number of carbonyl (C=O) groups excluding carboxylic acids is 1. The molecule has 0 aromatic carbocycles. The molecular formula is C12H23N3O6. The molecule has 1 aliphatic carbocycles. The highest BCUT2D eigenvalue weighted by atomic mass is 16.7. The van der Waals surface area contributed by atoms with Crippen molar-refractivity contribution in [3.05, 3.63) is 0 Å². The maximum absolute atomic E-state index is 11.5. The van der Waals surface area contributed by atoms with Crippen molar-refractivity contribution in [2.45, 2.75) is 61.7 Å². The molecule has 2 fully saturated rings. The van der Waals surface area contributed by atoms with Gasteiger partial charge in [0.25, 0.3) is 0 Å². The van der Waals surface area contributed by atoms with Gasteiger partial charge in [-0.3, -0.25) is 4.79 Å². The monoisotopic (exact) mass is 305 g/mol. The molecule has 0 spiro atoms. The molecule has 0 unspecified atom stereocenters. The molecule has 1 saturated heterocycles. The molecule has 0 aromatic rings. The van der Waals surface area contributed by atoms with E-state index >= 15 is 0 Å². The lowest BCUT2D eigenvalue weighted by molar-refractivity contribution is -0.250. The number of aliphatic hydroxyl groups excluding tert-OH is 3. The van der Waals surface area contributed by atoms with Crippen LogP contribution < -0.4 is 17.2 Å². The first-order valence-corrected chi connectivity index (χ1v) is 6.92. The molecule has 0 aromatic heterocycles. The fraction of sp³-hybridized carbons (Fsp3) is 0.917. The number of ketones is 1. The van der Waals surface area contributed by atoms with E-state index in [9.17, 15) is 15.0 Å². The number of hydrogen-bond acceptors (Lipinski definition) is 9. The van der Waals surface area contributed by atoms with Crippen LogP contribution in [0.2, 0.25) is 0 Å². The Bertz CT molecular complexity index is 384. The highest BCUT2D eigenvalue weighted by molar-refractivity contribution is 5.84. The number of hydrogen-bond donors (Lipinski definition) is 6. The summed E-state index contributed by atoms with van der Waals surface area (Å²) in [6.45, 7) is -0.474. The minimum atomic E-state index is -1.27. The van der Waals surface area contributed by atoms with Crippen LogP contribution in [0.1, 0.15) is 12.8 Å². The number of aliphatic hydroxyl groups is 3. The molecule has 8 atom stereocenters. The lowest BCUT2D eigenvalue weighted by atomic mass is 9.84. The zero-order valence-corrected chi connectivity index (χ0v) is 11.5. The summed E-state index contributed by atoms with van der Waals surface area (Å²) >= 11 is 0. The summed E-state index contributed by atoms with van der Waals surface area (Å²) in [5.74, 6) is -0.305. The van der Waals surface area contributed by atoms with Crippen LogP contribution in [0.3, 0.4) is 0 Å². The van der Waals surface area contributed by atoms with Crippen molar-refractivity contribution < 1.29 is 29.6 Å². The SMILES string of the molecule is N[C@@H]1CC(=O)[C@@H](CO)O[C@@H]1O[C@H]1[C@H](O)[C@@H](O)[C@H](N)C[C@@H]1N. The standard InChI is InChI=1S/C12H23N3O6/c13-4-1-5(14)11(10(19)9(4)18)21-12-6(15)2-7(17)8(3-16)20-12/h4-6,8-12,16,18-19H,1-3,13-15H2/t4-,5+,6-,8-,9+,10-,11-,12-/m1/s1. The summed E-state index contributed by atoms with van der Waals surface area (Å²) in [6, 6.07) is -1.96. The summed E-state index contributed by atoms with van der Waals surface area (Å²) in [5.41, 5.74) is 17.3. The molecule has 9 N–H and O–H groups in total. The average Bonchev–Trinajstić information content (AvgIpc) is 2.43. The second-order valence-corrected chi connectivity index (χ2v) is 5.66. The lowest BCUT2D eigenvalue weighted by Crippen LogP contribution is -2.64. The average molecular weight is 305 g/mol. The first kappa shape index (κ1) is 16.7. The quantitative estimate of drug-likeness (QED) is 0.305. The van der Waals surface area contributed by atoms with Crippen LogP contribution in [0.5, 0.6) is 0 Å². The Morgan fingerprint density at radius 3 is 2.43 bits per heavy atom. The molecule has 1 aliphatic heterocycles. The predicted octanol–water partition coefficient (Wildman–Crippen LogP) is -3.84. The molecule has 1 saturated carbocycles. The van der Waals surface area contributed by atoms with Crippen molar-refractivity contribution in [2.75, 3.05) is 6.61 Å². The summed E-state index contributed by atoms with van der Waals surface area (Å²) < 4.78 is 10.9. The van der Waals surface area contributed by atoms with Gasteiger partial charge in [-0.15, -0.1) is 0 Å². The molecular weight excluding hydrogens is 282 g/mol. The van der Waals surface area contributed by atoms with E-state index in [0.717, 1.165) is 0 Å². The second kappa shape index (κ2) is 6.63. The molecule has 21 heavy (non-hydrogen) atoms. The third-order valence-electron chi connectivity index (χ3n) is 3.99. The molecule has 2 aliphatic rings. The van der Waals surface area contributed by atoms with Crippen molar-refractivity contribution in [2.24, 2.45) is 17.2 Å². The van der Waals surface area contributed by atoms with Gasteiger partial charge in [-0.05, 0) is 6.42 Å². The normalized spacial score (nSPS) is 48.4. The van der Waals surface area contributed by atoms with Crippen molar-refractivity contribution in [3.8, 4) is 0 Å². The Kier molecular flexibility index (Phi) is 5.28. The molecule has 2 rings (SSSR count). The Morgan fingerprint density at radius 1 is 1.14 bits per heavy atom. The third kappa shape index (κ3) is 3.41. The largest absolute Gasteiger partial charge is 0.393 e. The molecule has 1 heterocycles. The zero-order chi connectivity index (χ0) is 15.7. The van der Waals surface area contributed by atoms with Gasteiger partial charge in [0.1, 0.15) is 18.3 Å². The van der Waals surface area contributed by atoms with Gasteiger partial charge in [0.2, 0.25) is 0 Å². The fourth-order valence-electron chi connectivity index (χ4n) is 2.70. The number of Topliss-reactive ketones (excluding diaryl/α,β-unsaturated/α-hetero) is 1. The summed E-state index contributed by atoms with van der Waals surface area (Å²) in [4.78, 5) is 11.5. The van der Waals surface area contributed by atoms with Gasteiger partial charge in [-0.25, -0.2) is 0 Å². The van der Waals surface area contributed by atoms with Gasteiger partial charge in [-0.1, -0.05) is 0 Å². The van der Waals surface area contributed by atoms with E-state index in [4.69, 9.17) is 31.8 Å². The molecule has 122 valence electrons. The van der Waals surface area contributed by atoms with Crippen molar-refractivity contribution >= 4 is 5.78 Å². The Hall–Kier alpha value is -0.650. The second-order valence-electron chi connectivity index (χ2n) is 5.66. The number of nitrogens with two attached hydrogens (primary N) is 3. The molecule has 0 bridgehead atoms.